The zero-order chi connectivity index (χ0) is 6.24. The number of halogens is 2. The first-order valence-corrected chi connectivity index (χ1v) is 8.28. The van der Waals surface area contributed by atoms with Crippen molar-refractivity contribution >= 4 is 41.0 Å². The Kier molecular flexibility index (Phi) is 9.66. The van der Waals surface area contributed by atoms with E-state index in [0.29, 0.717) is 0 Å². The normalized spacial score (nSPS) is 7.75. The molecule has 8 heavy (non-hydrogen) atoms. The maximum Gasteiger partial charge on any atom is -0.172 e. The summed E-state index contributed by atoms with van der Waals surface area (Å²) in [5.74, 6) is 0. The van der Waals surface area contributed by atoms with Gasteiger partial charge in [0.25, 0.3) is 0 Å². The van der Waals surface area contributed by atoms with E-state index >= 15 is 0 Å². The van der Waals surface area contributed by atoms with Crippen LogP contribution in [0.1, 0.15) is 0 Å². The van der Waals surface area contributed by atoms with Crippen LogP contribution in [-0.4, -0.2) is 0 Å². The molecule has 1 aromatic carbocycles. The van der Waals surface area contributed by atoms with Crippen molar-refractivity contribution < 1.29 is 8.07 Å². The zero-order valence-electron chi connectivity index (χ0n) is 3.96. The van der Waals surface area contributed by atoms with Gasteiger partial charge in [-0.2, -0.15) is 18.2 Å². The molecule has 0 heterocycles. The first-order chi connectivity index (χ1) is 3.91. The molecule has 0 aliphatic rings. The van der Waals surface area contributed by atoms with Crippen LogP contribution in [0.4, 0.5) is 0 Å². The Morgan fingerprint density at radius 1 is 1.12 bits per heavy atom. The Balaban J connectivity index is 0.000000145. The average molecular weight is 378 g/mol. The summed E-state index contributed by atoms with van der Waals surface area (Å²) in [6.07, 6.45) is 0. The van der Waals surface area contributed by atoms with E-state index in [-0.39, 0.29) is 0 Å². The van der Waals surface area contributed by atoms with Gasteiger partial charge in [0.15, 0.2) is 0 Å². The molecule has 1 rings (SSSR count). The molecular formula is C5H5I2Ni. The second kappa shape index (κ2) is 8.30. The Morgan fingerprint density at radius 3 is 1.62 bits per heavy atom. The van der Waals surface area contributed by atoms with Crippen LogP contribution in [0.2, 0.25) is 0 Å². The Labute approximate surface area is 78.4 Å². The van der Waals surface area contributed by atoms with Crippen molar-refractivity contribution in [2.45, 2.75) is 0 Å². The van der Waals surface area contributed by atoms with Crippen molar-refractivity contribution in [3.8, 4) is 0 Å². The molecule has 0 N–H and O–H groups in total. The summed E-state index contributed by atoms with van der Waals surface area (Å²) < 4.78 is 0. The van der Waals surface area contributed by atoms with E-state index in [1.807, 2.05) is 30.3 Å². The summed E-state index contributed by atoms with van der Waals surface area (Å²) in [5.41, 5.74) is 0. The van der Waals surface area contributed by atoms with Gasteiger partial charge in [0.05, 0.1) is 0 Å². The summed E-state index contributed by atoms with van der Waals surface area (Å²) in [7, 11) is 1.56. The van der Waals surface area contributed by atoms with E-state index < -0.39 is 0 Å². The summed E-state index contributed by atoms with van der Waals surface area (Å²) in [6, 6.07) is 10.0. The van der Waals surface area contributed by atoms with Gasteiger partial charge in [0.2, 0.25) is 0 Å². The van der Waals surface area contributed by atoms with Crippen LogP contribution < -0.4 is 0 Å². The molecule has 0 atom stereocenters. The summed E-state index contributed by atoms with van der Waals surface area (Å²) in [5, 5.41) is 0. The first-order valence-electron chi connectivity index (χ1n) is 1.91. The van der Waals surface area contributed by atoms with E-state index in [4.69, 9.17) is 0 Å². The summed E-state index contributed by atoms with van der Waals surface area (Å²) in [4.78, 5) is 0. The zero-order valence-corrected chi connectivity index (χ0v) is 9.26. The SMILES string of the molecule is [I][Ni+][I].c1cc[cH-]c1. The van der Waals surface area contributed by atoms with Crippen molar-refractivity contribution in [1.29, 1.82) is 0 Å². The largest absolute Gasteiger partial charge is 0.214 e. The maximum absolute atomic E-state index is 2.21. The van der Waals surface area contributed by atoms with E-state index in [1.165, 1.54) is 0 Å². The molecular weight excluding hydrogens is 373 g/mol. The Bertz CT molecular complexity index is 77.3. The van der Waals surface area contributed by atoms with Crippen molar-refractivity contribution in [3.63, 3.8) is 0 Å². The van der Waals surface area contributed by atoms with Gasteiger partial charge in [-0.1, -0.05) is 0 Å². The predicted octanol–water partition coefficient (Wildman–Crippen LogP) is 3.17. The molecule has 0 saturated heterocycles. The van der Waals surface area contributed by atoms with E-state index in [0.717, 1.165) is 0 Å². The van der Waals surface area contributed by atoms with Gasteiger partial charge in [-0.05, 0) is 0 Å². The molecule has 0 bridgehead atoms. The Morgan fingerprint density at radius 2 is 1.50 bits per heavy atom. The second-order valence-electron chi connectivity index (χ2n) is 1.01. The molecule has 0 aliphatic carbocycles. The number of hydrogen-bond acceptors (Lipinski definition) is 0. The topological polar surface area (TPSA) is 0 Å². The number of rotatable bonds is 0. The summed E-state index contributed by atoms with van der Waals surface area (Å²) in [6.45, 7) is 0. The molecule has 3 heteroatoms. The van der Waals surface area contributed by atoms with E-state index in [2.05, 4.69) is 41.0 Å². The van der Waals surface area contributed by atoms with Crippen LogP contribution in [0, 0.1) is 0 Å². The fourth-order valence-electron chi connectivity index (χ4n) is 0.321. The molecule has 0 fully saturated rings. The molecule has 0 unspecified atom stereocenters. The van der Waals surface area contributed by atoms with Gasteiger partial charge in [0.1, 0.15) is 0 Å². The molecule has 0 nitrogen and oxygen atoms in total. The van der Waals surface area contributed by atoms with Gasteiger partial charge < -0.3 is 0 Å². The van der Waals surface area contributed by atoms with Gasteiger partial charge in [0, 0.05) is 0 Å². The fourth-order valence-corrected chi connectivity index (χ4v) is 0.321. The van der Waals surface area contributed by atoms with Crippen LogP contribution >= 0.6 is 41.0 Å². The Hall–Kier alpha value is 1.30. The van der Waals surface area contributed by atoms with Gasteiger partial charge >= 0.3 is 49.0 Å². The predicted molar refractivity (Wildman–Crippen MR) is 50.1 cm³/mol. The van der Waals surface area contributed by atoms with Crippen LogP contribution in [-0.2, 0) is 8.07 Å². The van der Waals surface area contributed by atoms with Crippen molar-refractivity contribution in [3.05, 3.63) is 30.3 Å². The minimum Gasteiger partial charge on any atom is -0.214 e. The third-order valence-electron chi connectivity index (χ3n) is 0.556. The van der Waals surface area contributed by atoms with Crippen LogP contribution in [0.3, 0.4) is 0 Å². The fraction of sp³-hybridized carbons (Fsp3) is 0. The molecule has 1 aromatic rings. The van der Waals surface area contributed by atoms with Crippen LogP contribution in [0.15, 0.2) is 30.3 Å². The maximum atomic E-state index is 2.21. The second-order valence-corrected chi connectivity index (χ2v) is 9.34. The summed E-state index contributed by atoms with van der Waals surface area (Å²) >= 11 is 4.43. The average Bonchev–Trinajstić information content (AvgIpc) is 2.17. The molecule has 0 radical (unpaired) electrons. The van der Waals surface area contributed by atoms with E-state index in [9.17, 15) is 0 Å². The van der Waals surface area contributed by atoms with Gasteiger partial charge in [-0.3, -0.25) is 0 Å². The van der Waals surface area contributed by atoms with E-state index in [1.54, 1.807) is 8.07 Å². The molecule has 0 aliphatic heterocycles. The van der Waals surface area contributed by atoms with Crippen molar-refractivity contribution in [2.24, 2.45) is 0 Å². The van der Waals surface area contributed by atoms with Crippen LogP contribution in [0.25, 0.3) is 0 Å². The number of hydrogen-bond donors (Lipinski definition) is 0. The monoisotopic (exact) mass is 377 g/mol. The quantitative estimate of drug-likeness (QED) is 0.370. The van der Waals surface area contributed by atoms with Gasteiger partial charge in [-0.15, -0.1) is 0 Å². The smallest absolute Gasteiger partial charge is 0.172 e. The molecule has 0 saturated carbocycles. The molecule has 0 spiro atoms. The molecule has 49 valence electrons. The third-order valence-corrected chi connectivity index (χ3v) is 0.556. The van der Waals surface area contributed by atoms with Crippen LogP contribution in [0.5, 0.6) is 0 Å². The molecule has 0 amide bonds. The minimum absolute atomic E-state index is 1.56. The molecule has 0 aromatic heterocycles. The standard InChI is InChI=1S/C5H5.2HI.Ni/c1-2-4-5-3-1;;;/h1-5H;2*1H;/q-1;;;+3/p-2. The van der Waals surface area contributed by atoms with Gasteiger partial charge in [-0.25, -0.2) is 12.1 Å². The van der Waals surface area contributed by atoms with Crippen molar-refractivity contribution in [1.82, 2.24) is 0 Å². The minimum atomic E-state index is 1.56. The third kappa shape index (κ3) is 7.30. The van der Waals surface area contributed by atoms with Crippen molar-refractivity contribution in [2.75, 3.05) is 0 Å². The first kappa shape index (κ1) is 9.30.